The number of aliphatic hydroxyl groups excluding tert-OH is 4. The smallest absolute Gasteiger partial charge is 0.394 e. The molecule has 0 aromatic carbocycles. The van der Waals surface area contributed by atoms with Crippen LogP contribution in [0, 0.1) is 0 Å². The molecule has 12 nitrogen and oxygen atoms in total. The van der Waals surface area contributed by atoms with Crippen LogP contribution in [-0.2, 0) is 28.9 Å². The molecule has 0 saturated carbocycles. The van der Waals surface area contributed by atoms with Crippen molar-refractivity contribution in [2.75, 3.05) is 13.2 Å². The van der Waals surface area contributed by atoms with Crippen LogP contribution in [0.25, 0.3) is 0 Å². The van der Waals surface area contributed by atoms with E-state index in [0.717, 1.165) is 38.5 Å². The number of rotatable bonds is 59. The SMILES string of the molecule is CCCCCCCCCCCCCCCCCC/C=C/C(O)C(COC1OC(CO)C(O)C(OS(=O)(=O)O)C1O)NC(=O)CCCCCCCCCCCCCCCCCCCCCCCCCCCCCCCCCC. The van der Waals surface area contributed by atoms with Gasteiger partial charge in [-0.15, -0.1) is 0 Å². The average molecular weight is 1120 g/mol. The van der Waals surface area contributed by atoms with Gasteiger partial charge in [0.05, 0.1) is 25.4 Å². The van der Waals surface area contributed by atoms with Crippen molar-refractivity contribution in [3.63, 3.8) is 0 Å². The van der Waals surface area contributed by atoms with Crippen LogP contribution in [0.5, 0.6) is 0 Å². The van der Waals surface area contributed by atoms with Gasteiger partial charge in [0, 0.05) is 6.42 Å². The fourth-order valence-electron chi connectivity index (χ4n) is 11.0. The van der Waals surface area contributed by atoms with Gasteiger partial charge in [0.15, 0.2) is 6.29 Å². The first-order chi connectivity index (χ1) is 37.5. The lowest BCUT2D eigenvalue weighted by molar-refractivity contribution is -0.298. The van der Waals surface area contributed by atoms with E-state index in [1.807, 2.05) is 6.08 Å². The zero-order valence-corrected chi connectivity index (χ0v) is 50.9. The number of amides is 1. The minimum absolute atomic E-state index is 0.254. The number of carbonyl (C=O) groups excluding carboxylic acids is 1. The molecule has 1 saturated heterocycles. The normalized spacial score (nSPS) is 18.9. The van der Waals surface area contributed by atoms with Crippen LogP contribution in [0.2, 0.25) is 0 Å². The Morgan fingerprint density at radius 1 is 0.506 bits per heavy atom. The summed E-state index contributed by atoms with van der Waals surface area (Å²) in [5.41, 5.74) is 0. The summed E-state index contributed by atoms with van der Waals surface area (Å²) in [4.78, 5) is 13.2. The molecule has 458 valence electrons. The molecule has 7 unspecified atom stereocenters. The fourth-order valence-corrected chi connectivity index (χ4v) is 11.5. The van der Waals surface area contributed by atoms with Crippen LogP contribution in [0.1, 0.15) is 335 Å². The second-order valence-corrected chi connectivity index (χ2v) is 24.5. The van der Waals surface area contributed by atoms with Gasteiger partial charge in [-0.1, -0.05) is 321 Å². The zero-order valence-electron chi connectivity index (χ0n) is 50.1. The molecular formula is C64H125NO11S. The van der Waals surface area contributed by atoms with Gasteiger partial charge in [-0.05, 0) is 19.3 Å². The third kappa shape index (κ3) is 46.1. The van der Waals surface area contributed by atoms with Gasteiger partial charge >= 0.3 is 10.4 Å². The Labute approximate surface area is 474 Å². The topological polar surface area (TPSA) is 192 Å². The summed E-state index contributed by atoms with van der Waals surface area (Å²) >= 11 is 0. The summed E-state index contributed by atoms with van der Waals surface area (Å²) in [6.07, 6.45) is 58.6. The molecule has 1 amide bonds. The lowest BCUT2D eigenvalue weighted by atomic mass is 9.99. The lowest BCUT2D eigenvalue weighted by Gasteiger charge is -2.41. The van der Waals surface area contributed by atoms with E-state index < -0.39 is 59.9 Å². The molecule has 1 aliphatic rings. The largest absolute Gasteiger partial charge is 0.397 e. The molecule has 6 N–H and O–H groups in total. The molecule has 1 fully saturated rings. The van der Waals surface area contributed by atoms with Crippen LogP contribution >= 0.6 is 0 Å². The van der Waals surface area contributed by atoms with E-state index in [-0.39, 0.29) is 18.9 Å². The molecule has 1 heterocycles. The Hall–Kier alpha value is -1.16. The first kappa shape index (κ1) is 73.9. The van der Waals surface area contributed by atoms with Crippen LogP contribution in [-0.4, -0.2) is 95.4 Å². The second-order valence-electron chi connectivity index (χ2n) is 23.4. The van der Waals surface area contributed by atoms with Crippen molar-refractivity contribution in [1.82, 2.24) is 5.32 Å². The molecule has 0 aliphatic carbocycles. The Bertz CT molecular complexity index is 1400. The summed E-state index contributed by atoms with van der Waals surface area (Å²) in [7, 11) is -5.09. The van der Waals surface area contributed by atoms with Crippen LogP contribution in [0.3, 0.4) is 0 Å². The standard InChI is InChI=1S/C64H125NO11S/c1-3-5-7-9-11-13-15-17-19-21-23-24-25-26-27-28-29-30-31-32-33-34-35-36-38-40-42-44-46-48-50-52-54-60(68)65-57(56-74-64-62(70)63(76-77(71,72)73)61(69)59(55-66)75-64)58(67)53-51-49-47-45-43-41-39-37-22-20-18-16-14-12-10-8-6-4-2/h51,53,57-59,61-64,66-67,69-70H,3-50,52,54-56H2,1-2H3,(H,65,68)(H,71,72,73)/b53-51+. The highest BCUT2D eigenvalue weighted by atomic mass is 32.3. The summed E-state index contributed by atoms with van der Waals surface area (Å²) < 4.78 is 47.9. The molecule has 1 aliphatic heterocycles. The molecule has 13 heteroatoms. The van der Waals surface area contributed by atoms with Crippen molar-refractivity contribution in [3.05, 3.63) is 12.2 Å². The Kier molecular flexibility index (Phi) is 51.9. The summed E-state index contributed by atoms with van der Waals surface area (Å²) in [6.45, 7) is 3.45. The molecule has 0 aromatic heterocycles. The maximum Gasteiger partial charge on any atom is 0.397 e. The fraction of sp³-hybridized carbons (Fsp3) is 0.953. The summed E-state index contributed by atoms with van der Waals surface area (Å²) in [5.74, 6) is -0.254. The predicted octanol–water partition coefficient (Wildman–Crippen LogP) is 16.6. The van der Waals surface area contributed by atoms with Crippen molar-refractivity contribution in [2.45, 2.75) is 378 Å². The lowest BCUT2D eigenvalue weighted by Crippen LogP contribution is -2.61. The number of aliphatic hydroxyl groups is 4. The summed E-state index contributed by atoms with van der Waals surface area (Å²) in [6, 6.07) is -0.941. The van der Waals surface area contributed by atoms with Crippen molar-refractivity contribution >= 4 is 16.3 Å². The van der Waals surface area contributed by atoms with Crippen LogP contribution in [0.15, 0.2) is 12.2 Å². The Balaban J connectivity index is 2.23. The maximum atomic E-state index is 13.2. The number of unbranched alkanes of at least 4 members (excludes halogenated alkanes) is 47. The Morgan fingerprint density at radius 2 is 0.818 bits per heavy atom. The van der Waals surface area contributed by atoms with Gasteiger partial charge in [-0.2, -0.15) is 8.42 Å². The number of nitrogens with one attached hydrogen (secondary N) is 1. The van der Waals surface area contributed by atoms with Crippen molar-refractivity contribution in [3.8, 4) is 0 Å². The molecule has 0 radical (unpaired) electrons. The van der Waals surface area contributed by atoms with E-state index in [1.165, 1.54) is 270 Å². The average Bonchev–Trinajstić information content (AvgIpc) is 3.41. The van der Waals surface area contributed by atoms with Crippen molar-refractivity contribution in [2.24, 2.45) is 0 Å². The van der Waals surface area contributed by atoms with Gasteiger partial charge in [0.1, 0.15) is 24.4 Å². The van der Waals surface area contributed by atoms with E-state index in [9.17, 15) is 38.2 Å². The van der Waals surface area contributed by atoms with E-state index in [0.29, 0.717) is 6.42 Å². The highest BCUT2D eigenvalue weighted by Gasteiger charge is 2.48. The number of carbonyl (C=O) groups is 1. The molecule has 77 heavy (non-hydrogen) atoms. The highest BCUT2D eigenvalue weighted by Crippen LogP contribution is 2.26. The quantitative estimate of drug-likeness (QED) is 0.0193. The third-order valence-electron chi connectivity index (χ3n) is 16.1. The van der Waals surface area contributed by atoms with Crippen LogP contribution in [0.4, 0.5) is 0 Å². The number of allylic oxidation sites excluding steroid dienone is 1. The van der Waals surface area contributed by atoms with Gasteiger partial charge in [0.25, 0.3) is 0 Å². The van der Waals surface area contributed by atoms with Crippen molar-refractivity contribution in [1.29, 1.82) is 0 Å². The van der Waals surface area contributed by atoms with Gasteiger partial charge < -0.3 is 35.2 Å². The molecule has 0 aromatic rings. The van der Waals surface area contributed by atoms with E-state index in [2.05, 4.69) is 23.3 Å². The van der Waals surface area contributed by atoms with Crippen molar-refractivity contribution < 1.29 is 51.8 Å². The van der Waals surface area contributed by atoms with Crippen LogP contribution < -0.4 is 5.32 Å². The Morgan fingerprint density at radius 3 is 1.13 bits per heavy atom. The number of ether oxygens (including phenoxy) is 2. The first-order valence-corrected chi connectivity index (χ1v) is 34.4. The maximum absolute atomic E-state index is 13.2. The number of hydrogen-bond acceptors (Lipinski definition) is 10. The number of hydrogen-bond donors (Lipinski definition) is 6. The molecular weight excluding hydrogens is 991 g/mol. The highest BCUT2D eigenvalue weighted by molar-refractivity contribution is 7.80. The molecule has 1 rings (SSSR count). The molecule has 7 atom stereocenters. The minimum atomic E-state index is -5.09. The van der Waals surface area contributed by atoms with E-state index in [1.54, 1.807) is 6.08 Å². The molecule has 0 bridgehead atoms. The van der Waals surface area contributed by atoms with Gasteiger partial charge in [0.2, 0.25) is 5.91 Å². The minimum Gasteiger partial charge on any atom is -0.394 e. The summed E-state index contributed by atoms with van der Waals surface area (Å²) in [5, 5.41) is 45.1. The van der Waals surface area contributed by atoms with Gasteiger partial charge in [-0.25, -0.2) is 4.18 Å². The third-order valence-corrected chi connectivity index (χ3v) is 16.5. The van der Waals surface area contributed by atoms with Gasteiger partial charge in [-0.3, -0.25) is 9.35 Å². The monoisotopic (exact) mass is 1120 g/mol. The predicted molar refractivity (Wildman–Crippen MR) is 319 cm³/mol. The van der Waals surface area contributed by atoms with E-state index >= 15 is 0 Å². The second kappa shape index (κ2) is 54.1. The first-order valence-electron chi connectivity index (χ1n) is 33.1. The molecule has 0 spiro atoms. The van der Waals surface area contributed by atoms with E-state index in [4.69, 9.17) is 9.47 Å². The zero-order chi connectivity index (χ0) is 56.1.